The Bertz CT molecular complexity index is 405. The first-order valence-corrected chi connectivity index (χ1v) is 5.33. The summed E-state index contributed by atoms with van der Waals surface area (Å²) in [5, 5.41) is 0. The lowest BCUT2D eigenvalue weighted by Crippen LogP contribution is -2.74. The summed E-state index contributed by atoms with van der Waals surface area (Å²) in [6.45, 7) is 0. The molecule has 0 heterocycles. The second-order valence-electron chi connectivity index (χ2n) is 4.43. The lowest BCUT2D eigenvalue weighted by molar-refractivity contribution is 0.286. The molecule has 2 aliphatic rings. The van der Waals surface area contributed by atoms with Crippen LogP contribution in [0.1, 0.15) is 6.42 Å². The van der Waals surface area contributed by atoms with Crippen molar-refractivity contribution >= 4 is 0 Å². The highest BCUT2D eigenvalue weighted by atomic mass is 15.0. The summed E-state index contributed by atoms with van der Waals surface area (Å²) in [5.74, 6) is 0. The Morgan fingerprint density at radius 2 is 1.94 bits per heavy atom. The maximum Gasteiger partial charge on any atom is 0.0827 e. The summed E-state index contributed by atoms with van der Waals surface area (Å²) < 4.78 is 0. The predicted molar refractivity (Wildman–Crippen MR) is 66.1 cm³/mol. The van der Waals surface area contributed by atoms with E-state index < -0.39 is 11.1 Å². The van der Waals surface area contributed by atoms with Gasteiger partial charge in [-0.15, -0.1) is 0 Å². The van der Waals surface area contributed by atoms with Crippen LogP contribution in [-0.2, 0) is 0 Å². The van der Waals surface area contributed by atoms with Gasteiger partial charge in [-0.1, -0.05) is 36.5 Å². The zero-order valence-corrected chi connectivity index (χ0v) is 9.14. The maximum absolute atomic E-state index is 6.37. The minimum absolute atomic E-state index is 0.332. The monoisotopic (exact) mass is 218 g/mol. The van der Waals surface area contributed by atoms with Gasteiger partial charge >= 0.3 is 0 Å². The molecule has 0 spiro atoms. The molecule has 0 bridgehead atoms. The average Bonchev–Trinajstić information content (AvgIpc) is 2.27. The molecule has 0 aromatic rings. The number of hydrogen-bond acceptors (Lipinski definition) is 4. The number of allylic oxidation sites excluding steroid dienone is 4. The second-order valence-corrected chi connectivity index (χ2v) is 4.43. The molecule has 0 radical (unpaired) electrons. The summed E-state index contributed by atoms with van der Waals surface area (Å²) >= 11 is 0. The van der Waals surface area contributed by atoms with Crippen molar-refractivity contribution in [3.05, 3.63) is 48.2 Å². The molecule has 0 aliphatic heterocycles. The van der Waals surface area contributed by atoms with E-state index in [4.69, 9.17) is 22.9 Å². The fourth-order valence-electron chi connectivity index (χ4n) is 2.23. The topological polar surface area (TPSA) is 104 Å². The van der Waals surface area contributed by atoms with Crippen molar-refractivity contribution in [2.45, 2.75) is 23.5 Å². The third-order valence-corrected chi connectivity index (χ3v) is 3.49. The second kappa shape index (κ2) is 3.59. The molecule has 4 nitrogen and oxygen atoms in total. The van der Waals surface area contributed by atoms with E-state index in [1.807, 2.05) is 36.5 Å². The molecule has 0 saturated heterocycles. The van der Waals surface area contributed by atoms with Crippen LogP contribution in [-0.4, -0.2) is 17.1 Å². The first-order valence-electron chi connectivity index (χ1n) is 5.33. The Kier molecular flexibility index (Phi) is 2.50. The van der Waals surface area contributed by atoms with Crippen LogP contribution < -0.4 is 22.9 Å². The Hall–Kier alpha value is -1.36. The molecule has 3 atom stereocenters. The summed E-state index contributed by atoms with van der Waals surface area (Å²) in [7, 11) is 0. The van der Waals surface area contributed by atoms with Gasteiger partial charge in [-0.3, -0.25) is 0 Å². The highest BCUT2D eigenvalue weighted by molar-refractivity contribution is 5.42. The number of hydrogen-bond donors (Lipinski definition) is 4. The highest BCUT2D eigenvalue weighted by Gasteiger charge is 2.49. The number of rotatable bonds is 1. The molecule has 0 fully saturated rings. The van der Waals surface area contributed by atoms with Crippen LogP contribution in [0, 0.1) is 0 Å². The summed E-state index contributed by atoms with van der Waals surface area (Å²) in [6.07, 6.45) is 13.7. The van der Waals surface area contributed by atoms with Crippen LogP contribution in [0.3, 0.4) is 0 Å². The third kappa shape index (κ3) is 1.35. The van der Waals surface area contributed by atoms with Gasteiger partial charge in [0.1, 0.15) is 0 Å². The quantitative estimate of drug-likeness (QED) is 0.482. The molecule has 8 N–H and O–H groups in total. The fraction of sp³-hybridized carbons (Fsp3) is 0.333. The van der Waals surface area contributed by atoms with Gasteiger partial charge in [-0.05, 0) is 12.5 Å². The Balaban J connectivity index is 2.44. The van der Waals surface area contributed by atoms with Gasteiger partial charge in [0, 0.05) is 11.7 Å². The van der Waals surface area contributed by atoms with Gasteiger partial charge < -0.3 is 22.9 Å². The van der Waals surface area contributed by atoms with Crippen LogP contribution >= 0.6 is 0 Å². The van der Waals surface area contributed by atoms with Gasteiger partial charge in [0.25, 0.3) is 0 Å². The van der Waals surface area contributed by atoms with Gasteiger partial charge in [0.2, 0.25) is 0 Å². The zero-order chi connectivity index (χ0) is 11.8. The van der Waals surface area contributed by atoms with E-state index in [0.29, 0.717) is 12.1 Å². The molecular formula is C12H18N4. The van der Waals surface area contributed by atoms with Crippen molar-refractivity contribution in [2.75, 3.05) is 0 Å². The smallest absolute Gasteiger partial charge is 0.0827 e. The molecule has 4 heteroatoms. The Labute approximate surface area is 95.3 Å². The standard InChI is InChI=1S/C12H18N4/c13-9-5-1-3-7-11(9,15)12(16)8-4-2-6-10(12)14/h1-7,9H,8,13-16H2. The van der Waals surface area contributed by atoms with Crippen molar-refractivity contribution in [2.24, 2.45) is 22.9 Å². The van der Waals surface area contributed by atoms with Crippen molar-refractivity contribution < 1.29 is 0 Å². The zero-order valence-electron chi connectivity index (χ0n) is 9.14. The van der Waals surface area contributed by atoms with E-state index in [2.05, 4.69) is 0 Å². The lowest BCUT2D eigenvalue weighted by Gasteiger charge is -2.48. The first kappa shape index (κ1) is 11.1. The van der Waals surface area contributed by atoms with E-state index in [-0.39, 0.29) is 6.04 Å². The molecule has 0 saturated carbocycles. The van der Waals surface area contributed by atoms with Crippen LogP contribution in [0.25, 0.3) is 0 Å². The normalized spacial score (nSPS) is 42.2. The van der Waals surface area contributed by atoms with E-state index in [1.165, 1.54) is 0 Å². The van der Waals surface area contributed by atoms with E-state index in [1.54, 1.807) is 6.08 Å². The van der Waals surface area contributed by atoms with Crippen LogP contribution in [0.15, 0.2) is 48.2 Å². The molecule has 2 rings (SSSR count). The van der Waals surface area contributed by atoms with Crippen LogP contribution in [0.2, 0.25) is 0 Å². The van der Waals surface area contributed by atoms with Crippen molar-refractivity contribution in [1.29, 1.82) is 0 Å². The minimum Gasteiger partial charge on any atom is -0.400 e. The molecular weight excluding hydrogens is 200 g/mol. The van der Waals surface area contributed by atoms with Gasteiger partial charge in [-0.2, -0.15) is 0 Å². The molecule has 86 valence electrons. The average molecular weight is 218 g/mol. The highest BCUT2D eigenvalue weighted by Crippen LogP contribution is 2.34. The SMILES string of the molecule is NC1=CC=CCC1(N)C1(N)C=CC=CC1N. The summed E-state index contributed by atoms with van der Waals surface area (Å²) in [4.78, 5) is 0. The largest absolute Gasteiger partial charge is 0.400 e. The van der Waals surface area contributed by atoms with E-state index in [0.717, 1.165) is 0 Å². The van der Waals surface area contributed by atoms with Crippen LogP contribution in [0.5, 0.6) is 0 Å². The fourth-order valence-corrected chi connectivity index (χ4v) is 2.23. The third-order valence-electron chi connectivity index (χ3n) is 3.49. The minimum atomic E-state index is -0.840. The molecule has 3 unspecified atom stereocenters. The predicted octanol–water partition coefficient (Wildman–Crippen LogP) is -0.363. The molecule has 2 aliphatic carbocycles. The molecule has 0 aromatic carbocycles. The van der Waals surface area contributed by atoms with Gasteiger partial charge in [0.05, 0.1) is 11.1 Å². The summed E-state index contributed by atoms with van der Waals surface area (Å²) in [6, 6.07) is -0.332. The summed E-state index contributed by atoms with van der Waals surface area (Å²) in [5.41, 5.74) is 23.7. The van der Waals surface area contributed by atoms with E-state index in [9.17, 15) is 0 Å². The maximum atomic E-state index is 6.37. The van der Waals surface area contributed by atoms with Crippen molar-refractivity contribution in [3.63, 3.8) is 0 Å². The molecule has 0 amide bonds. The molecule has 0 aromatic heterocycles. The van der Waals surface area contributed by atoms with E-state index >= 15 is 0 Å². The van der Waals surface area contributed by atoms with Crippen molar-refractivity contribution in [1.82, 2.24) is 0 Å². The van der Waals surface area contributed by atoms with Crippen LogP contribution in [0.4, 0.5) is 0 Å². The molecule has 16 heavy (non-hydrogen) atoms. The van der Waals surface area contributed by atoms with Crippen molar-refractivity contribution in [3.8, 4) is 0 Å². The first-order chi connectivity index (χ1) is 7.51. The number of nitrogens with two attached hydrogens (primary N) is 4. The Morgan fingerprint density at radius 1 is 1.19 bits per heavy atom. The Morgan fingerprint density at radius 3 is 2.56 bits per heavy atom. The van der Waals surface area contributed by atoms with Gasteiger partial charge in [-0.25, -0.2) is 0 Å². The lowest BCUT2D eigenvalue weighted by atomic mass is 9.67. The van der Waals surface area contributed by atoms with Gasteiger partial charge in [0.15, 0.2) is 0 Å².